The Morgan fingerprint density at radius 3 is 2.19 bits per heavy atom. The molecule has 16 heteroatoms. The van der Waals surface area contributed by atoms with E-state index in [1.807, 2.05) is 100 Å². The van der Waals surface area contributed by atoms with E-state index in [2.05, 4.69) is 58.6 Å². The molecule has 1 fully saturated rings. The molecule has 0 unspecified atom stereocenters. The molecule has 2 N–H and O–H groups in total. The van der Waals surface area contributed by atoms with E-state index in [1.165, 1.54) is 23.8 Å². The third-order valence-corrected chi connectivity index (χ3v) is 16.2. The quantitative estimate of drug-likeness (QED) is 0.0793. The number of aliphatic hydroxyl groups excluding tert-OH is 1. The number of likely N-dealkylation sites (tertiary alicyclic amines) is 1. The van der Waals surface area contributed by atoms with Crippen LogP contribution in [0.4, 0.5) is 0 Å². The highest BCUT2D eigenvalue weighted by Gasteiger charge is 2.44. The third-order valence-electron chi connectivity index (χ3n) is 13.0. The Kier molecular flexibility index (Phi) is 14.3. The molecule has 354 valence electrons. The number of aryl methyl sites for hydroxylation is 3. The van der Waals surface area contributed by atoms with Crippen LogP contribution in [0.5, 0.6) is 0 Å². The average molecular weight is 972 g/mol. The summed E-state index contributed by atoms with van der Waals surface area (Å²) in [6.45, 7) is 15.8. The number of carbonyl (C=O) groups is 4. The van der Waals surface area contributed by atoms with Crippen molar-refractivity contribution in [2.75, 3.05) is 19.4 Å². The number of benzene rings is 3. The number of nitrogens with one attached hydrogen (secondary N) is 1. The molecule has 0 aliphatic carbocycles. The summed E-state index contributed by atoms with van der Waals surface area (Å²) in [5, 5.41) is 23.6. The van der Waals surface area contributed by atoms with E-state index in [0.717, 1.165) is 75.8 Å². The number of ketones is 1. The Balaban J connectivity index is 0.905. The first-order chi connectivity index (χ1) is 32.4. The molecule has 2 aliphatic heterocycles. The number of carbonyl (C=O) groups excluding carboxylic acids is 4. The molecule has 68 heavy (non-hydrogen) atoms. The molecule has 3 aromatic carbocycles. The number of amides is 2. The maximum atomic E-state index is 14.3. The minimum absolute atomic E-state index is 0.0166. The number of thiazole rings is 1. The number of Topliss-reactive ketones (excluding diaryl/α,β-unsaturated/α-hetero) is 1. The Labute approximate surface area is 409 Å². The zero-order valence-corrected chi connectivity index (χ0v) is 42.3. The van der Waals surface area contributed by atoms with Crippen LogP contribution in [0.2, 0.25) is 0 Å². The van der Waals surface area contributed by atoms with Crippen molar-refractivity contribution >= 4 is 63.7 Å². The van der Waals surface area contributed by atoms with Crippen molar-refractivity contribution < 1.29 is 29.0 Å². The van der Waals surface area contributed by atoms with Gasteiger partial charge in [-0.15, -0.1) is 44.6 Å². The normalized spacial score (nSPS) is 17.7. The fraction of sp³-hybridized carbons (Fsp3) is 0.385. The van der Waals surface area contributed by atoms with Crippen LogP contribution in [0.15, 0.2) is 88.2 Å². The molecule has 0 spiro atoms. The van der Waals surface area contributed by atoms with Crippen LogP contribution >= 0.6 is 34.4 Å². The van der Waals surface area contributed by atoms with Crippen LogP contribution in [-0.2, 0) is 23.9 Å². The number of hydrogen-bond acceptors (Lipinski definition) is 13. The van der Waals surface area contributed by atoms with Crippen molar-refractivity contribution in [1.29, 1.82) is 0 Å². The van der Waals surface area contributed by atoms with Gasteiger partial charge in [-0.25, -0.2) is 4.98 Å². The number of fused-ring (bicyclic) bond motifs is 3. The lowest BCUT2D eigenvalue weighted by molar-refractivity contribution is -0.146. The average Bonchev–Trinajstić information content (AvgIpc) is 4.09. The first-order valence-corrected chi connectivity index (χ1v) is 25.4. The van der Waals surface area contributed by atoms with Crippen molar-refractivity contribution in [3.05, 3.63) is 123 Å². The first-order valence-electron chi connectivity index (χ1n) is 22.7. The number of β-amino-alcohol motifs (C(OH)–C–C–N with tert-alkyl or cyclic N) is 1. The van der Waals surface area contributed by atoms with E-state index in [4.69, 9.17) is 9.73 Å². The summed E-state index contributed by atoms with van der Waals surface area (Å²) in [5.74, 6) is -0.259. The van der Waals surface area contributed by atoms with Gasteiger partial charge in [-0.2, -0.15) is 0 Å². The number of esters is 1. The maximum Gasteiger partial charge on any atom is 0.308 e. The molecule has 6 aromatic rings. The molecule has 5 heterocycles. The predicted octanol–water partition coefficient (Wildman–Crippen LogP) is 9.36. The number of hydrogen-bond donors (Lipinski definition) is 2. The SMILES string of the molecule is COC(=O)C[C@@H]1N=C(c2ccc(-c3ccc(SCC(=O)C[C@H](C(=O)N4C[C@H](O)C[C@H]4C(=O)N[C@@H](C)c4ccc(-c5scnc5C)cc4)C(C)(C)C)cc3)cc2)c2c(sc(C)c2C)-n2c(C)nnc21. The highest BCUT2D eigenvalue weighted by Crippen LogP contribution is 2.40. The fourth-order valence-corrected chi connectivity index (χ4v) is 11.7. The van der Waals surface area contributed by atoms with Crippen LogP contribution in [-0.4, -0.2) is 90.6 Å². The smallest absolute Gasteiger partial charge is 0.308 e. The van der Waals surface area contributed by atoms with E-state index >= 15 is 0 Å². The number of thioether (sulfide) groups is 1. The summed E-state index contributed by atoms with van der Waals surface area (Å²) in [6.07, 6.45) is -0.670. The van der Waals surface area contributed by atoms with E-state index in [0.29, 0.717) is 5.82 Å². The van der Waals surface area contributed by atoms with Crippen LogP contribution in [0.3, 0.4) is 0 Å². The highest BCUT2D eigenvalue weighted by atomic mass is 32.2. The van der Waals surface area contributed by atoms with Gasteiger partial charge in [0.1, 0.15) is 28.7 Å². The highest BCUT2D eigenvalue weighted by molar-refractivity contribution is 8.00. The molecule has 13 nitrogen and oxygen atoms in total. The molecular formula is C52H57N7O6S3. The second kappa shape index (κ2) is 20.0. The van der Waals surface area contributed by atoms with Gasteiger partial charge in [0.25, 0.3) is 0 Å². The van der Waals surface area contributed by atoms with Crippen molar-refractivity contribution in [2.24, 2.45) is 16.3 Å². The summed E-state index contributed by atoms with van der Waals surface area (Å²) in [4.78, 5) is 68.5. The minimum Gasteiger partial charge on any atom is -0.469 e. The van der Waals surface area contributed by atoms with Crippen LogP contribution in [0.25, 0.3) is 26.6 Å². The van der Waals surface area contributed by atoms with Crippen molar-refractivity contribution in [3.8, 4) is 26.6 Å². The number of methoxy groups -OCH3 is 1. The zero-order chi connectivity index (χ0) is 48.6. The van der Waals surface area contributed by atoms with Gasteiger partial charge in [-0.3, -0.25) is 28.7 Å². The van der Waals surface area contributed by atoms with Crippen molar-refractivity contribution in [1.82, 2.24) is 30.0 Å². The van der Waals surface area contributed by atoms with Crippen LogP contribution < -0.4 is 5.32 Å². The van der Waals surface area contributed by atoms with E-state index < -0.39 is 29.5 Å². The molecule has 5 atom stereocenters. The number of ether oxygens (including phenoxy) is 1. The second-order valence-corrected chi connectivity index (χ2v) is 21.9. The predicted molar refractivity (Wildman–Crippen MR) is 269 cm³/mol. The Bertz CT molecular complexity index is 2880. The number of aliphatic hydroxyl groups is 1. The Morgan fingerprint density at radius 2 is 1.56 bits per heavy atom. The second-order valence-electron chi connectivity index (χ2n) is 18.7. The van der Waals surface area contributed by atoms with Crippen LogP contribution in [0, 0.1) is 39.0 Å². The third kappa shape index (κ3) is 10.1. The lowest BCUT2D eigenvalue weighted by Crippen LogP contribution is -2.50. The van der Waals surface area contributed by atoms with E-state index in [9.17, 15) is 24.3 Å². The summed E-state index contributed by atoms with van der Waals surface area (Å²) < 4.78 is 7.05. The molecule has 0 saturated carbocycles. The van der Waals surface area contributed by atoms with Gasteiger partial charge in [0.2, 0.25) is 11.8 Å². The van der Waals surface area contributed by atoms with Gasteiger partial charge >= 0.3 is 5.97 Å². The number of nitrogens with zero attached hydrogens (tertiary/aromatic N) is 6. The van der Waals surface area contributed by atoms with Gasteiger partial charge in [-0.1, -0.05) is 81.4 Å². The molecule has 3 aromatic heterocycles. The van der Waals surface area contributed by atoms with E-state index in [1.54, 1.807) is 22.7 Å². The summed E-state index contributed by atoms with van der Waals surface area (Å²) in [5.41, 5.74) is 10.0. The van der Waals surface area contributed by atoms with Crippen molar-refractivity contribution in [2.45, 2.75) is 104 Å². The number of aromatic nitrogens is 4. The standard InChI is InChI=1S/C52H57N7O6S3/c1-28-31(4)68-51-45(28)46(55-42(24-44(62)65-9)48-57-56-32(5)59(48)51)36-14-12-34(13-15-36)35-18-20-40(21-19-35)66-26-39(61)22-41(52(6,7)8)50(64)58-25-38(60)23-43(58)49(63)54-29(2)33-10-16-37(17-11-33)47-30(3)53-27-67-47/h10-21,27,29,38,41-43,60H,22-26H2,1-9H3,(H,54,63)/t29-,38+,41+,42-,43-/m0/s1. The Hall–Kier alpha value is -5.81. The van der Waals surface area contributed by atoms with Crippen molar-refractivity contribution in [3.63, 3.8) is 0 Å². The van der Waals surface area contributed by atoms with Crippen LogP contribution in [0.1, 0.15) is 104 Å². The fourth-order valence-electron chi connectivity index (χ4n) is 8.95. The van der Waals surface area contributed by atoms with Gasteiger partial charge < -0.3 is 20.1 Å². The largest absolute Gasteiger partial charge is 0.469 e. The minimum atomic E-state index is -0.852. The molecular weight excluding hydrogens is 915 g/mol. The number of rotatable bonds is 14. The van der Waals surface area contributed by atoms with Gasteiger partial charge in [0.05, 0.1) is 53.2 Å². The first kappa shape index (κ1) is 48.6. The molecule has 0 bridgehead atoms. The maximum absolute atomic E-state index is 14.3. The zero-order valence-electron chi connectivity index (χ0n) is 39.8. The lowest BCUT2D eigenvalue weighted by atomic mass is 9.77. The number of thiophene rings is 1. The molecule has 0 radical (unpaired) electrons. The summed E-state index contributed by atoms with van der Waals surface area (Å²) in [7, 11) is 1.37. The number of aliphatic imine (C=N–C) groups is 1. The van der Waals surface area contributed by atoms with Gasteiger partial charge in [0.15, 0.2) is 5.82 Å². The van der Waals surface area contributed by atoms with Gasteiger partial charge in [-0.05, 0) is 80.0 Å². The monoisotopic (exact) mass is 971 g/mol. The topological polar surface area (TPSA) is 169 Å². The van der Waals surface area contributed by atoms with E-state index in [-0.39, 0.29) is 61.2 Å². The molecule has 8 rings (SSSR count). The Morgan fingerprint density at radius 1 is 0.912 bits per heavy atom. The molecule has 2 amide bonds. The summed E-state index contributed by atoms with van der Waals surface area (Å²) in [6, 6.07) is 22.5. The lowest BCUT2D eigenvalue weighted by Gasteiger charge is -2.35. The molecule has 1 saturated heterocycles. The van der Waals surface area contributed by atoms with Gasteiger partial charge in [0, 0.05) is 46.2 Å². The molecule has 2 aliphatic rings. The summed E-state index contributed by atoms with van der Waals surface area (Å²) >= 11 is 4.66.